The minimum atomic E-state index is 0.115. The molecule has 3 aromatic rings. The predicted molar refractivity (Wildman–Crippen MR) is 103 cm³/mol. The molecule has 8 heteroatoms. The van der Waals surface area contributed by atoms with E-state index in [0.29, 0.717) is 18.2 Å². The van der Waals surface area contributed by atoms with Crippen molar-refractivity contribution in [2.45, 2.75) is 25.6 Å². The summed E-state index contributed by atoms with van der Waals surface area (Å²) >= 11 is 0. The lowest BCUT2D eigenvalue weighted by molar-refractivity contribution is 0.0297. The van der Waals surface area contributed by atoms with Gasteiger partial charge in [0.1, 0.15) is 0 Å². The van der Waals surface area contributed by atoms with Crippen LogP contribution in [0.4, 0.5) is 11.6 Å². The van der Waals surface area contributed by atoms with Crippen molar-refractivity contribution in [1.82, 2.24) is 24.7 Å². The molecule has 0 unspecified atom stereocenters. The van der Waals surface area contributed by atoms with Crippen LogP contribution in [-0.2, 0) is 18.4 Å². The van der Waals surface area contributed by atoms with Crippen molar-refractivity contribution >= 4 is 11.6 Å². The Hall–Kier alpha value is -3.00. The van der Waals surface area contributed by atoms with Crippen LogP contribution in [0.2, 0.25) is 0 Å². The summed E-state index contributed by atoms with van der Waals surface area (Å²) in [6.07, 6.45) is 9.31. The molecule has 0 radical (unpaired) electrons. The second kappa shape index (κ2) is 7.71. The first-order chi connectivity index (χ1) is 13.2. The molecule has 8 nitrogen and oxygen atoms in total. The van der Waals surface area contributed by atoms with E-state index in [-0.39, 0.29) is 6.10 Å². The fourth-order valence-corrected chi connectivity index (χ4v) is 3.27. The van der Waals surface area contributed by atoms with Gasteiger partial charge in [-0.15, -0.1) is 0 Å². The van der Waals surface area contributed by atoms with Gasteiger partial charge in [0.25, 0.3) is 0 Å². The SMILES string of the molecule is Cn1cc(-c2cnc(N)c(N3CCC[C@@H](OCc4ccccn4)C3)n2)cn1. The largest absolute Gasteiger partial charge is 0.381 e. The predicted octanol–water partition coefficient (Wildman–Crippen LogP) is 2.04. The second-order valence-electron chi connectivity index (χ2n) is 6.71. The molecule has 0 bridgehead atoms. The Balaban J connectivity index is 1.47. The molecule has 1 aliphatic heterocycles. The van der Waals surface area contributed by atoms with E-state index in [1.54, 1.807) is 23.3 Å². The Kier molecular flexibility index (Phi) is 4.97. The average Bonchev–Trinajstić information content (AvgIpc) is 3.14. The van der Waals surface area contributed by atoms with Gasteiger partial charge in [-0.2, -0.15) is 5.10 Å². The van der Waals surface area contributed by atoms with Crippen molar-refractivity contribution in [3.05, 3.63) is 48.7 Å². The molecule has 0 amide bonds. The van der Waals surface area contributed by atoms with Crippen molar-refractivity contribution < 1.29 is 4.74 Å². The van der Waals surface area contributed by atoms with Crippen molar-refractivity contribution in [2.24, 2.45) is 7.05 Å². The first kappa shape index (κ1) is 17.4. The van der Waals surface area contributed by atoms with Gasteiger partial charge in [0.15, 0.2) is 11.6 Å². The van der Waals surface area contributed by atoms with Crippen LogP contribution in [0.25, 0.3) is 11.3 Å². The monoisotopic (exact) mass is 365 g/mol. The summed E-state index contributed by atoms with van der Waals surface area (Å²) in [6, 6.07) is 5.85. The zero-order valence-electron chi connectivity index (χ0n) is 15.3. The topological polar surface area (TPSA) is 95.0 Å². The minimum absolute atomic E-state index is 0.115. The average molecular weight is 365 g/mol. The maximum atomic E-state index is 6.13. The van der Waals surface area contributed by atoms with Crippen molar-refractivity contribution in [3.8, 4) is 11.3 Å². The van der Waals surface area contributed by atoms with Gasteiger partial charge in [-0.25, -0.2) is 9.97 Å². The number of ether oxygens (including phenoxy) is 1. The van der Waals surface area contributed by atoms with Gasteiger partial charge >= 0.3 is 0 Å². The van der Waals surface area contributed by atoms with Gasteiger partial charge in [-0.1, -0.05) is 6.07 Å². The number of hydrogen-bond donors (Lipinski definition) is 1. The molecule has 1 saturated heterocycles. The molecule has 27 heavy (non-hydrogen) atoms. The molecule has 0 saturated carbocycles. The number of pyridine rings is 1. The van der Waals surface area contributed by atoms with Crippen molar-refractivity contribution in [1.29, 1.82) is 0 Å². The number of aromatic nitrogens is 5. The fourth-order valence-electron chi connectivity index (χ4n) is 3.27. The molecule has 0 aromatic carbocycles. The minimum Gasteiger partial charge on any atom is -0.381 e. The summed E-state index contributed by atoms with van der Waals surface area (Å²) in [5, 5.41) is 4.20. The second-order valence-corrected chi connectivity index (χ2v) is 6.71. The number of nitrogen functional groups attached to an aromatic ring is 1. The molecule has 3 aromatic heterocycles. The summed E-state index contributed by atoms with van der Waals surface area (Å²) in [6.45, 7) is 2.14. The van der Waals surface area contributed by atoms with Crippen molar-refractivity contribution in [3.63, 3.8) is 0 Å². The highest BCUT2D eigenvalue weighted by Gasteiger charge is 2.24. The van der Waals surface area contributed by atoms with Crippen LogP contribution in [-0.4, -0.2) is 43.9 Å². The Morgan fingerprint density at radius 2 is 2.19 bits per heavy atom. The molecule has 4 rings (SSSR count). The van der Waals surface area contributed by atoms with Crippen LogP contribution in [0.15, 0.2) is 43.0 Å². The van der Waals surface area contributed by atoms with Gasteiger partial charge in [0.2, 0.25) is 0 Å². The van der Waals surface area contributed by atoms with E-state index in [9.17, 15) is 0 Å². The van der Waals surface area contributed by atoms with E-state index in [0.717, 1.165) is 42.9 Å². The molecule has 2 N–H and O–H groups in total. The first-order valence-corrected chi connectivity index (χ1v) is 9.07. The van der Waals surface area contributed by atoms with Crippen LogP contribution in [0.5, 0.6) is 0 Å². The number of rotatable bonds is 5. The van der Waals surface area contributed by atoms with Crippen LogP contribution in [0, 0.1) is 0 Å². The Bertz CT molecular complexity index is 896. The number of hydrogen-bond acceptors (Lipinski definition) is 7. The molecule has 1 atom stereocenters. The van der Waals surface area contributed by atoms with E-state index < -0.39 is 0 Å². The molecule has 0 spiro atoms. The van der Waals surface area contributed by atoms with Gasteiger partial charge in [-0.3, -0.25) is 9.67 Å². The Labute approximate surface area is 158 Å². The van der Waals surface area contributed by atoms with Gasteiger partial charge in [-0.05, 0) is 25.0 Å². The summed E-state index contributed by atoms with van der Waals surface area (Å²) in [5.74, 6) is 1.15. The van der Waals surface area contributed by atoms with Crippen LogP contribution >= 0.6 is 0 Å². The number of nitrogens with zero attached hydrogens (tertiary/aromatic N) is 6. The quantitative estimate of drug-likeness (QED) is 0.739. The number of piperidine rings is 1. The van der Waals surface area contributed by atoms with E-state index in [2.05, 4.69) is 20.0 Å². The first-order valence-electron chi connectivity index (χ1n) is 9.07. The Morgan fingerprint density at radius 3 is 2.96 bits per heavy atom. The molecule has 4 heterocycles. The van der Waals surface area contributed by atoms with Crippen LogP contribution in [0.1, 0.15) is 18.5 Å². The maximum Gasteiger partial charge on any atom is 0.172 e. The highest BCUT2D eigenvalue weighted by Crippen LogP contribution is 2.27. The molecular formula is C19H23N7O. The summed E-state index contributed by atoms with van der Waals surface area (Å²) in [7, 11) is 1.88. The lowest BCUT2D eigenvalue weighted by atomic mass is 10.1. The highest BCUT2D eigenvalue weighted by molar-refractivity contribution is 5.65. The fraction of sp³-hybridized carbons (Fsp3) is 0.368. The zero-order valence-corrected chi connectivity index (χ0v) is 15.3. The van der Waals surface area contributed by atoms with Gasteiger partial charge in [0, 0.05) is 38.1 Å². The Morgan fingerprint density at radius 1 is 1.26 bits per heavy atom. The van der Waals surface area contributed by atoms with Crippen LogP contribution in [0.3, 0.4) is 0 Å². The third-order valence-electron chi connectivity index (χ3n) is 4.65. The third kappa shape index (κ3) is 4.06. The lowest BCUT2D eigenvalue weighted by Gasteiger charge is -2.33. The molecule has 0 aliphatic carbocycles. The number of anilines is 2. The van der Waals surface area contributed by atoms with E-state index in [1.807, 2.05) is 31.4 Å². The smallest absolute Gasteiger partial charge is 0.172 e. The third-order valence-corrected chi connectivity index (χ3v) is 4.65. The standard InChI is InChI=1S/C19H23N7O/c1-25-11-14(9-23-25)17-10-22-18(20)19(24-17)26-8-4-6-16(12-26)27-13-15-5-2-3-7-21-15/h2-3,5,7,9-11,16H,4,6,8,12-13H2,1H3,(H2,20,22)/t16-/m1/s1. The molecule has 1 aliphatic rings. The van der Waals surface area contributed by atoms with E-state index in [1.165, 1.54) is 0 Å². The molecular weight excluding hydrogens is 342 g/mol. The summed E-state index contributed by atoms with van der Waals surface area (Å²) < 4.78 is 7.82. The number of aryl methyl sites for hydroxylation is 1. The van der Waals surface area contributed by atoms with Crippen molar-refractivity contribution in [2.75, 3.05) is 23.7 Å². The number of nitrogens with two attached hydrogens (primary N) is 1. The van der Waals surface area contributed by atoms with Gasteiger partial charge in [0.05, 0.1) is 36.5 Å². The highest BCUT2D eigenvalue weighted by atomic mass is 16.5. The van der Waals surface area contributed by atoms with Gasteiger partial charge < -0.3 is 15.4 Å². The molecule has 1 fully saturated rings. The zero-order chi connectivity index (χ0) is 18.6. The molecule has 140 valence electrons. The van der Waals surface area contributed by atoms with E-state index >= 15 is 0 Å². The van der Waals surface area contributed by atoms with E-state index in [4.69, 9.17) is 15.5 Å². The maximum absolute atomic E-state index is 6.13. The lowest BCUT2D eigenvalue weighted by Crippen LogP contribution is -2.40. The normalized spacial score (nSPS) is 17.2. The van der Waals surface area contributed by atoms with Crippen LogP contribution < -0.4 is 10.6 Å². The summed E-state index contributed by atoms with van der Waals surface area (Å²) in [4.78, 5) is 15.6. The summed E-state index contributed by atoms with van der Waals surface area (Å²) in [5.41, 5.74) is 8.75.